The molecule has 120 valence electrons. The molecule has 0 aliphatic rings. The van der Waals surface area contributed by atoms with Gasteiger partial charge in [-0.3, -0.25) is 4.68 Å². The van der Waals surface area contributed by atoms with Crippen LogP contribution < -0.4 is 4.74 Å². The summed E-state index contributed by atoms with van der Waals surface area (Å²) in [6, 6.07) is 6.52. The second kappa shape index (κ2) is 6.39. The minimum absolute atomic E-state index is 0.0237. The number of alkyl halides is 3. The number of benzene rings is 1. The fourth-order valence-corrected chi connectivity index (χ4v) is 2.09. The molecule has 0 fully saturated rings. The molecule has 2 rings (SSSR count). The zero-order valence-corrected chi connectivity index (χ0v) is 12.3. The van der Waals surface area contributed by atoms with Crippen LogP contribution in [0, 0.1) is 13.8 Å². The van der Waals surface area contributed by atoms with Gasteiger partial charge >= 0.3 is 6.18 Å². The molecule has 1 heterocycles. The second-order valence-electron chi connectivity index (χ2n) is 5.21. The molecule has 0 saturated heterocycles. The molecule has 0 amide bonds. The zero-order chi connectivity index (χ0) is 16.3. The van der Waals surface area contributed by atoms with E-state index in [0.717, 1.165) is 21.9 Å². The first kappa shape index (κ1) is 16.4. The third kappa shape index (κ3) is 4.49. The van der Waals surface area contributed by atoms with Crippen molar-refractivity contribution in [3.8, 4) is 5.75 Å². The van der Waals surface area contributed by atoms with E-state index in [0.29, 0.717) is 5.75 Å². The Labute approximate surface area is 126 Å². The minimum atomic E-state index is -4.48. The summed E-state index contributed by atoms with van der Waals surface area (Å²) in [6.45, 7) is 3.77. The number of hydrogen-bond acceptors (Lipinski definition) is 3. The van der Waals surface area contributed by atoms with Gasteiger partial charge in [-0.2, -0.15) is 18.3 Å². The lowest BCUT2D eigenvalue weighted by Crippen LogP contribution is -2.24. The number of aryl methyl sites for hydroxylation is 2. The largest absolute Gasteiger partial charge is 0.491 e. The molecule has 7 heteroatoms. The second-order valence-corrected chi connectivity index (χ2v) is 5.21. The van der Waals surface area contributed by atoms with Crippen LogP contribution in [0.4, 0.5) is 13.2 Å². The van der Waals surface area contributed by atoms with Gasteiger partial charge in [0, 0.05) is 6.20 Å². The van der Waals surface area contributed by atoms with Gasteiger partial charge in [0.25, 0.3) is 0 Å². The molecule has 1 atom stereocenters. The summed E-state index contributed by atoms with van der Waals surface area (Å²) in [6.07, 6.45) is -4.25. The van der Waals surface area contributed by atoms with Crippen molar-refractivity contribution in [1.82, 2.24) is 9.78 Å². The molecule has 4 nitrogen and oxygen atoms in total. The Morgan fingerprint density at radius 3 is 2.41 bits per heavy atom. The van der Waals surface area contributed by atoms with E-state index < -0.39 is 18.0 Å². The number of aliphatic hydroxyl groups is 1. The highest BCUT2D eigenvalue weighted by Gasteiger charge is 2.33. The first-order valence-corrected chi connectivity index (χ1v) is 6.74. The molecule has 0 aliphatic heterocycles. The van der Waals surface area contributed by atoms with Gasteiger partial charge in [-0.15, -0.1) is 0 Å². The summed E-state index contributed by atoms with van der Waals surface area (Å²) in [5.74, 6) is 0.619. The fraction of sp³-hybridized carbons (Fsp3) is 0.400. The number of halogens is 3. The third-order valence-corrected chi connectivity index (χ3v) is 2.97. The summed E-state index contributed by atoms with van der Waals surface area (Å²) in [5.41, 5.74) is 1.09. The molecular weight excluding hydrogens is 297 g/mol. The van der Waals surface area contributed by atoms with Crippen molar-refractivity contribution in [2.75, 3.05) is 6.61 Å². The van der Waals surface area contributed by atoms with Crippen LogP contribution in [0.1, 0.15) is 16.8 Å². The van der Waals surface area contributed by atoms with Gasteiger partial charge in [0.2, 0.25) is 0 Å². The number of aromatic nitrogens is 2. The molecule has 0 spiro atoms. The first-order valence-electron chi connectivity index (χ1n) is 6.74. The molecule has 0 bridgehead atoms. The number of ether oxygens (including phenoxy) is 1. The van der Waals surface area contributed by atoms with Crippen molar-refractivity contribution >= 4 is 0 Å². The lowest BCUT2D eigenvalue weighted by atomic mass is 10.1. The van der Waals surface area contributed by atoms with E-state index in [4.69, 9.17) is 4.74 Å². The standard InChI is InChI=1S/C15H17F3N2O2/c1-10-5-11(2)7-13(6-10)22-9-12(21)8-20-4-3-14(19-20)15(16,17)18/h3-7,12,21H,8-9H2,1-2H3. The van der Waals surface area contributed by atoms with E-state index in [2.05, 4.69) is 5.10 Å². The van der Waals surface area contributed by atoms with E-state index in [1.54, 1.807) is 0 Å². The number of rotatable bonds is 5. The minimum Gasteiger partial charge on any atom is -0.491 e. The summed E-state index contributed by atoms with van der Waals surface area (Å²) in [4.78, 5) is 0. The highest BCUT2D eigenvalue weighted by atomic mass is 19.4. The Kier molecular flexibility index (Phi) is 4.75. The van der Waals surface area contributed by atoms with E-state index in [9.17, 15) is 18.3 Å². The van der Waals surface area contributed by atoms with Crippen molar-refractivity contribution in [3.05, 3.63) is 47.3 Å². The first-order chi connectivity index (χ1) is 10.2. The Morgan fingerprint density at radius 1 is 1.23 bits per heavy atom. The highest BCUT2D eigenvalue weighted by molar-refractivity contribution is 5.32. The van der Waals surface area contributed by atoms with Gasteiger partial charge in [0.1, 0.15) is 18.5 Å². The maximum atomic E-state index is 12.4. The number of hydrogen-bond donors (Lipinski definition) is 1. The van der Waals surface area contributed by atoms with Gasteiger partial charge in [-0.25, -0.2) is 0 Å². The molecular formula is C15H17F3N2O2. The van der Waals surface area contributed by atoms with Crippen LogP contribution in [0.2, 0.25) is 0 Å². The molecule has 1 aromatic carbocycles. The lowest BCUT2D eigenvalue weighted by molar-refractivity contribution is -0.141. The smallest absolute Gasteiger partial charge is 0.435 e. The van der Waals surface area contributed by atoms with Crippen molar-refractivity contribution in [2.45, 2.75) is 32.7 Å². The third-order valence-electron chi connectivity index (χ3n) is 2.97. The van der Waals surface area contributed by atoms with Crippen LogP contribution in [-0.4, -0.2) is 27.6 Å². The Bertz CT molecular complexity index is 618. The summed E-state index contributed by atoms with van der Waals surface area (Å²) < 4.78 is 43.8. The lowest BCUT2D eigenvalue weighted by Gasteiger charge is -2.13. The predicted molar refractivity (Wildman–Crippen MR) is 74.6 cm³/mol. The van der Waals surface area contributed by atoms with Gasteiger partial charge in [-0.05, 0) is 43.2 Å². The summed E-state index contributed by atoms with van der Waals surface area (Å²) in [7, 11) is 0. The molecule has 2 aromatic rings. The Balaban J connectivity index is 1.90. The van der Waals surface area contributed by atoms with Crippen LogP contribution >= 0.6 is 0 Å². The topological polar surface area (TPSA) is 47.3 Å². The zero-order valence-electron chi connectivity index (χ0n) is 12.3. The number of nitrogens with zero attached hydrogens (tertiary/aromatic N) is 2. The molecule has 0 aliphatic carbocycles. The monoisotopic (exact) mass is 314 g/mol. The summed E-state index contributed by atoms with van der Waals surface area (Å²) in [5, 5.41) is 13.2. The Morgan fingerprint density at radius 2 is 1.86 bits per heavy atom. The van der Waals surface area contributed by atoms with Crippen molar-refractivity contribution in [3.63, 3.8) is 0 Å². The van der Waals surface area contributed by atoms with Crippen LogP contribution in [0.15, 0.2) is 30.5 Å². The van der Waals surface area contributed by atoms with E-state index >= 15 is 0 Å². The maximum absolute atomic E-state index is 12.4. The molecule has 0 saturated carbocycles. The summed E-state index contributed by atoms with van der Waals surface area (Å²) >= 11 is 0. The van der Waals surface area contributed by atoms with E-state index in [-0.39, 0.29) is 13.2 Å². The normalized spacial score (nSPS) is 13.2. The van der Waals surface area contributed by atoms with Crippen LogP contribution in [0.3, 0.4) is 0 Å². The Hall–Kier alpha value is -2.02. The van der Waals surface area contributed by atoms with Crippen LogP contribution in [0.25, 0.3) is 0 Å². The molecule has 1 N–H and O–H groups in total. The molecule has 1 unspecified atom stereocenters. The number of aliphatic hydroxyl groups excluding tert-OH is 1. The highest BCUT2D eigenvalue weighted by Crippen LogP contribution is 2.27. The van der Waals surface area contributed by atoms with Gasteiger partial charge in [0.05, 0.1) is 6.54 Å². The quantitative estimate of drug-likeness (QED) is 0.923. The van der Waals surface area contributed by atoms with Gasteiger partial charge < -0.3 is 9.84 Å². The van der Waals surface area contributed by atoms with Crippen LogP contribution in [0.5, 0.6) is 5.75 Å². The van der Waals surface area contributed by atoms with E-state index in [1.165, 1.54) is 6.20 Å². The molecule has 0 radical (unpaired) electrons. The predicted octanol–water partition coefficient (Wildman–Crippen LogP) is 2.96. The van der Waals surface area contributed by atoms with Gasteiger partial charge in [-0.1, -0.05) is 6.07 Å². The average Bonchev–Trinajstić information content (AvgIpc) is 2.83. The van der Waals surface area contributed by atoms with Crippen molar-refractivity contribution in [1.29, 1.82) is 0 Å². The van der Waals surface area contributed by atoms with E-state index in [1.807, 2.05) is 32.0 Å². The SMILES string of the molecule is Cc1cc(C)cc(OCC(O)Cn2ccc(C(F)(F)F)n2)c1. The van der Waals surface area contributed by atoms with Gasteiger partial charge in [0.15, 0.2) is 5.69 Å². The van der Waals surface area contributed by atoms with Crippen molar-refractivity contribution < 1.29 is 23.0 Å². The fourth-order valence-electron chi connectivity index (χ4n) is 2.09. The molecule has 22 heavy (non-hydrogen) atoms. The maximum Gasteiger partial charge on any atom is 0.435 e. The van der Waals surface area contributed by atoms with Crippen LogP contribution in [-0.2, 0) is 12.7 Å². The molecule has 1 aromatic heterocycles. The average molecular weight is 314 g/mol. The van der Waals surface area contributed by atoms with Crippen molar-refractivity contribution in [2.24, 2.45) is 0 Å².